The van der Waals surface area contributed by atoms with Gasteiger partial charge in [-0.15, -0.1) is 10.2 Å². The van der Waals surface area contributed by atoms with E-state index in [4.69, 9.17) is 0 Å². The topological polar surface area (TPSA) is 63.4 Å². The largest absolute Gasteiger partial charge is 0.342 e. The van der Waals surface area contributed by atoms with Crippen LogP contribution in [0.5, 0.6) is 0 Å². The number of fused-ring (bicyclic) bond motifs is 1. The molecule has 1 aromatic carbocycles. The van der Waals surface area contributed by atoms with Crippen molar-refractivity contribution in [2.24, 2.45) is 5.92 Å². The van der Waals surface area contributed by atoms with Gasteiger partial charge in [0, 0.05) is 24.5 Å². The molecule has 3 aromatic rings. The summed E-state index contributed by atoms with van der Waals surface area (Å²) in [4.78, 5) is 19.1. The molecule has 0 unspecified atom stereocenters. The molecule has 0 atom stereocenters. The molecule has 0 saturated carbocycles. The molecule has 4 rings (SSSR count). The summed E-state index contributed by atoms with van der Waals surface area (Å²) >= 11 is 1.44. The average molecular weight is 396 g/mol. The number of carbonyl (C=O) groups excluding carboxylic acids is 1. The lowest BCUT2D eigenvalue weighted by molar-refractivity contribution is -0.129. The van der Waals surface area contributed by atoms with Gasteiger partial charge in [0.2, 0.25) is 5.91 Å². The Bertz CT molecular complexity index is 964. The molecule has 146 valence electrons. The van der Waals surface area contributed by atoms with Crippen LogP contribution in [-0.2, 0) is 11.2 Å². The van der Waals surface area contributed by atoms with Crippen LogP contribution in [0.3, 0.4) is 0 Å². The Morgan fingerprint density at radius 1 is 1.14 bits per heavy atom. The number of benzene rings is 1. The fourth-order valence-corrected chi connectivity index (χ4v) is 4.73. The summed E-state index contributed by atoms with van der Waals surface area (Å²) in [5, 5.41) is 9.08. The summed E-state index contributed by atoms with van der Waals surface area (Å²) in [7, 11) is 0. The maximum absolute atomic E-state index is 12.7. The molecule has 2 aromatic heterocycles. The number of nitrogens with zero attached hydrogens (tertiary/aromatic N) is 5. The number of hydrogen-bond acceptors (Lipinski definition) is 5. The van der Waals surface area contributed by atoms with Gasteiger partial charge in [0.05, 0.1) is 5.75 Å². The second kappa shape index (κ2) is 8.31. The van der Waals surface area contributed by atoms with E-state index in [1.54, 1.807) is 0 Å². The SMILES string of the molecule is Cc1cc(C)n2c(SCC(=O)N3CCC(Cc4ccccc4)CC3)nnc2n1. The van der Waals surface area contributed by atoms with Crippen molar-refractivity contribution in [2.45, 2.75) is 38.3 Å². The van der Waals surface area contributed by atoms with Crippen LogP contribution in [0.4, 0.5) is 0 Å². The number of amides is 1. The predicted octanol–water partition coefficient (Wildman–Crippen LogP) is 3.31. The maximum atomic E-state index is 12.7. The molecule has 1 amide bonds. The van der Waals surface area contributed by atoms with Gasteiger partial charge in [-0.2, -0.15) is 0 Å². The van der Waals surface area contributed by atoms with Crippen molar-refractivity contribution in [1.29, 1.82) is 0 Å². The van der Waals surface area contributed by atoms with Gasteiger partial charge in [-0.1, -0.05) is 42.1 Å². The highest BCUT2D eigenvalue weighted by Crippen LogP contribution is 2.24. The minimum absolute atomic E-state index is 0.178. The van der Waals surface area contributed by atoms with Crippen LogP contribution in [0, 0.1) is 19.8 Å². The van der Waals surface area contributed by atoms with Crippen LogP contribution in [0.15, 0.2) is 41.6 Å². The minimum Gasteiger partial charge on any atom is -0.342 e. The number of carbonyl (C=O) groups is 1. The number of piperidine rings is 1. The zero-order valence-corrected chi connectivity index (χ0v) is 17.2. The number of hydrogen-bond donors (Lipinski definition) is 0. The Kier molecular flexibility index (Phi) is 5.62. The highest BCUT2D eigenvalue weighted by molar-refractivity contribution is 7.99. The monoisotopic (exact) mass is 395 g/mol. The van der Waals surface area contributed by atoms with Gasteiger partial charge in [-0.25, -0.2) is 4.98 Å². The molecular formula is C21H25N5OS. The lowest BCUT2D eigenvalue weighted by Crippen LogP contribution is -2.39. The van der Waals surface area contributed by atoms with Crippen LogP contribution in [0.1, 0.15) is 29.8 Å². The van der Waals surface area contributed by atoms with Crippen molar-refractivity contribution in [1.82, 2.24) is 24.5 Å². The number of aromatic nitrogens is 4. The third-order valence-electron chi connectivity index (χ3n) is 5.32. The fraction of sp³-hybridized carbons (Fsp3) is 0.429. The molecule has 1 saturated heterocycles. The predicted molar refractivity (Wildman–Crippen MR) is 110 cm³/mol. The second-order valence-electron chi connectivity index (χ2n) is 7.46. The zero-order valence-electron chi connectivity index (χ0n) is 16.3. The molecule has 1 aliphatic rings. The van der Waals surface area contributed by atoms with Crippen LogP contribution in [0.2, 0.25) is 0 Å². The van der Waals surface area contributed by atoms with Crippen molar-refractivity contribution >= 4 is 23.4 Å². The summed E-state index contributed by atoms with van der Waals surface area (Å²) in [6.07, 6.45) is 3.25. The normalized spacial score (nSPS) is 15.3. The molecule has 0 N–H and O–H groups in total. The highest BCUT2D eigenvalue weighted by atomic mass is 32.2. The Balaban J connectivity index is 1.31. The molecule has 3 heterocycles. The molecule has 0 spiro atoms. The summed E-state index contributed by atoms with van der Waals surface area (Å²) in [6, 6.07) is 12.6. The third kappa shape index (κ3) is 4.19. The van der Waals surface area contributed by atoms with Crippen molar-refractivity contribution < 1.29 is 4.79 Å². The van der Waals surface area contributed by atoms with E-state index in [2.05, 4.69) is 45.5 Å². The van der Waals surface area contributed by atoms with Gasteiger partial charge in [0.25, 0.3) is 5.78 Å². The standard InChI is InChI=1S/C21H25N5OS/c1-15-12-16(2)26-20(22-15)23-24-21(26)28-14-19(27)25-10-8-18(9-11-25)13-17-6-4-3-5-7-17/h3-7,12,18H,8-11,13-14H2,1-2H3. The Morgan fingerprint density at radius 2 is 1.89 bits per heavy atom. The molecular weight excluding hydrogens is 370 g/mol. The Morgan fingerprint density at radius 3 is 2.64 bits per heavy atom. The maximum Gasteiger partial charge on any atom is 0.256 e. The van der Waals surface area contributed by atoms with Gasteiger partial charge in [0.1, 0.15) is 0 Å². The summed E-state index contributed by atoms with van der Waals surface area (Å²) in [6.45, 7) is 5.64. The van der Waals surface area contributed by atoms with Crippen LogP contribution in [-0.4, -0.2) is 49.2 Å². The lowest BCUT2D eigenvalue weighted by Gasteiger charge is -2.32. The lowest BCUT2D eigenvalue weighted by atomic mass is 9.90. The molecule has 0 radical (unpaired) electrons. The molecule has 1 aliphatic heterocycles. The van der Waals surface area contributed by atoms with Gasteiger partial charge >= 0.3 is 0 Å². The van der Waals surface area contributed by atoms with Crippen molar-refractivity contribution in [3.05, 3.63) is 53.3 Å². The van der Waals surface area contributed by atoms with E-state index < -0.39 is 0 Å². The number of likely N-dealkylation sites (tertiary alicyclic amines) is 1. The molecule has 6 nitrogen and oxygen atoms in total. The van der Waals surface area contributed by atoms with Crippen molar-refractivity contribution in [3.8, 4) is 0 Å². The molecule has 1 fully saturated rings. The number of aryl methyl sites for hydroxylation is 2. The van der Waals surface area contributed by atoms with Crippen molar-refractivity contribution in [3.63, 3.8) is 0 Å². The van der Waals surface area contributed by atoms with Crippen molar-refractivity contribution in [2.75, 3.05) is 18.8 Å². The average Bonchev–Trinajstić information content (AvgIpc) is 3.10. The Labute approximate surface area is 169 Å². The first kappa shape index (κ1) is 18.9. The third-order valence-corrected chi connectivity index (χ3v) is 6.24. The minimum atomic E-state index is 0.178. The van der Waals surface area contributed by atoms with E-state index in [9.17, 15) is 4.79 Å². The quantitative estimate of drug-likeness (QED) is 0.620. The highest BCUT2D eigenvalue weighted by Gasteiger charge is 2.23. The van der Waals surface area contributed by atoms with E-state index in [-0.39, 0.29) is 5.91 Å². The van der Waals surface area contributed by atoms with Gasteiger partial charge in [-0.3, -0.25) is 9.20 Å². The van der Waals surface area contributed by atoms with Crippen LogP contribution < -0.4 is 0 Å². The molecule has 0 bridgehead atoms. The van der Waals surface area contributed by atoms with E-state index in [0.717, 1.165) is 48.9 Å². The van der Waals surface area contributed by atoms with E-state index in [1.807, 2.05) is 29.2 Å². The first-order valence-electron chi connectivity index (χ1n) is 9.74. The molecule has 28 heavy (non-hydrogen) atoms. The van der Waals surface area contributed by atoms with Gasteiger partial charge in [-0.05, 0) is 50.7 Å². The molecule has 0 aliphatic carbocycles. The number of thioether (sulfide) groups is 1. The summed E-state index contributed by atoms with van der Waals surface area (Å²) in [5.41, 5.74) is 3.34. The first-order valence-corrected chi connectivity index (χ1v) is 10.7. The van der Waals surface area contributed by atoms with Crippen LogP contribution in [0.25, 0.3) is 5.78 Å². The Hall–Kier alpha value is -2.41. The van der Waals surface area contributed by atoms with E-state index in [1.165, 1.54) is 17.3 Å². The fourth-order valence-electron chi connectivity index (χ4n) is 3.85. The smallest absolute Gasteiger partial charge is 0.256 e. The first-order chi connectivity index (χ1) is 13.6. The molecule has 7 heteroatoms. The zero-order chi connectivity index (χ0) is 19.5. The number of rotatable bonds is 5. The summed E-state index contributed by atoms with van der Waals surface area (Å²) < 4.78 is 1.91. The second-order valence-corrected chi connectivity index (χ2v) is 8.40. The van der Waals surface area contributed by atoms with Crippen LogP contribution >= 0.6 is 11.8 Å². The summed E-state index contributed by atoms with van der Waals surface area (Å²) in [5.74, 6) is 1.82. The van der Waals surface area contributed by atoms with Gasteiger partial charge < -0.3 is 4.90 Å². The van der Waals surface area contributed by atoms with E-state index in [0.29, 0.717) is 17.4 Å². The van der Waals surface area contributed by atoms with E-state index >= 15 is 0 Å². The van der Waals surface area contributed by atoms with Gasteiger partial charge in [0.15, 0.2) is 5.16 Å².